The molecule has 4 nitrogen and oxygen atoms in total. The molecular formula is C12H12F3N3O. The van der Waals surface area contributed by atoms with Gasteiger partial charge in [-0.1, -0.05) is 35.5 Å². The molecule has 0 saturated heterocycles. The highest BCUT2D eigenvalue weighted by molar-refractivity contribution is 5.20. The number of nitrogens with zero attached hydrogens (tertiary/aromatic N) is 2. The van der Waals surface area contributed by atoms with E-state index in [1.54, 1.807) is 18.2 Å². The van der Waals surface area contributed by atoms with E-state index in [1.165, 1.54) is 18.5 Å². The van der Waals surface area contributed by atoms with Crippen LogP contribution in [0.3, 0.4) is 0 Å². The first kappa shape index (κ1) is 13.5. The SMILES string of the molecule is FC(F)(F)C(NCCc1ncno1)c1ccccc1. The summed E-state index contributed by atoms with van der Waals surface area (Å²) in [4.78, 5) is 3.75. The minimum absolute atomic E-state index is 0.0985. The Morgan fingerprint density at radius 1 is 1.21 bits per heavy atom. The van der Waals surface area contributed by atoms with Crippen LogP contribution in [0, 0.1) is 0 Å². The van der Waals surface area contributed by atoms with Gasteiger partial charge in [0.2, 0.25) is 5.89 Å². The zero-order valence-electron chi connectivity index (χ0n) is 9.89. The summed E-state index contributed by atoms with van der Waals surface area (Å²) in [6.07, 6.45) is -2.89. The van der Waals surface area contributed by atoms with E-state index in [4.69, 9.17) is 4.52 Å². The molecule has 7 heteroatoms. The fourth-order valence-electron chi connectivity index (χ4n) is 1.70. The van der Waals surface area contributed by atoms with E-state index in [0.717, 1.165) is 0 Å². The van der Waals surface area contributed by atoms with Crippen LogP contribution < -0.4 is 5.32 Å². The third kappa shape index (κ3) is 3.78. The molecule has 1 atom stereocenters. The summed E-state index contributed by atoms with van der Waals surface area (Å²) in [6.45, 7) is 0.0985. The molecule has 1 unspecified atom stereocenters. The van der Waals surface area contributed by atoms with Crippen molar-refractivity contribution in [2.24, 2.45) is 0 Å². The van der Waals surface area contributed by atoms with Crippen LogP contribution in [-0.2, 0) is 6.42 Å². The molecule has 2 rings (SSSR count). The van der Waals surface area contributed by atoms with Crippen molar-refractivity contribution >= 4 is 0 Å². The number of hydrogen-bond acceptors (Lipinski definition) is 4. The van der Waals surface area contributed by atoms with Crippen LogP contribution in [0.2, 0.25) is 0 Å². The van der Waals surface area contributed by atoms with Crippen molar-refractivity contribution in [3.05, 3.63) is 48.1 Å². The smallest absolute Gasteiger partial charge is 0.340 e. The van der Waals surface area contributed by atoms with Crippen LogP contribution in [0.15, 0.2) is 41.2 Å². The molecule has 2 aromatic rings. The summed E-state index contributed by atoms with van der Waals surface area (Å²) in [6, 6.07) is 6.02. The Morgan fingerprint density at radius 2 is 1.95 bits per heavy atom. The van der Waals surface area contributed by atoms with E-state index in [2.05, 4.69) is 15.5 Å². The Hall–Kier alpha value is -1.89. The zero-order chi connectivity index (χ0) is 13.7. The van der Waals surface area contributed by atoms with Gasteiger partial charge in [-0.3, -0.25) is 0 Å². The molecule has 0 aliphatic carbocycles. The molecule has 1 aromatic heterocycles. The lowest BCUT2D eigenvalue weighted by Gasteiger charge is -2.21. The minimum Gasteiger partial charge on any atom is -0.340 e. The first-order valence-electron chi connectivity index (χ1n) is 5.68. The third-order valence-corrected chi connectivity index (χ3v) is 2.55. The van der Waals surface area contributed by atoms with Gasteiger partial charge in [0.15, 0.2) is 6.33 Å². The van der Waals surface area contributed by atoms with E-state index < -0.39 is 12.2 Å². The summed E-state index contributed by atoms with van der Waals surface area (Å²) in [5.74, 6) is 0.307. The standard InChI is InChI=1S/C12H12F3N3O/c13-12(14,15)11(9-4-2-1-3-5-9)16-7-6-10-17-8-18-19-10/h1-5,8,11,16H,6-7H2. The fraction of sp³-hybridized carbons (Fsp3) is 0.333. The van der Waals surface area contributed by atoms with Gasteiger partial charge < -0.3 is 9.84 Å². The lowest BCUT2D eigenvalue weighted by molar-refractivity contribution is -0.157. The molecular weight excluding hydrogens is 259 g/mol. The van der Waals surface area contributed by atoms with E-state index in [1.807, 2.05) is 0 Å². The van der Waals surface area contributed by atoms with Gasteiger partial charge in [0, 0.05) is 13.0 Å². The molecule has 0 aliphatic heterocycles. The molecule has 0 aliphatic rings. The molecule has 1 aromatic carbocycles. The Morgan fingerprint density at radius 3 is 2.53 bits per heavy atom. The zero-order valence-corrected chi connectivity index (χ0v) is 9.89. The number of aromatic nitrogens is 2. The van der Waals surface area contributed by atoms with Gasteiger partial charge in [-0.25, -0.2) is 0 Å². The van der Waals surface area contributed by atoms with Gasteiger partial charge in [0.1, 0.15) is 6.04 Å². The number of rotatable bonds is 5. The number of hydrogen-bond donors (Lipinski definition) is 1. The van der Waals surface area contributed by atoms with Crippen LogP contribution >= 0.6 is 0 Å². The molecule has 0 spiro atoms. The Labute approximate surface area is 107 Å². The maximum atomic E-state index is 13.0. The van der Waals surface area contributed by atoms with E-state index >= 15 is 0 Å². The molecule has 1 heterocycles. The van der Waals surface area contributed by atoms with E-state index in [-0.39, 0.29) is 18.5 Å². The van der Waals surface area contributed by atoms with Crippen LogP contribution in [0.1, 0.15) is 17.5 Å². The molecule has 0 radical (unpaired) electrons. The van der Waals surface area contributed by atoms with Crippen LogP contribution in [0.5, 0.6) is 0 Å². The van der Waals surface area contributed by atoms with Gasteiger partial charge in [0.25, 0.3) is 0 Å². The van der Waals surface area contributed by atoms with Crippen molar-refractivity contribution in [1.29, 1.82) is 0 Å². The second-order valence-corrected chi connectivity index (χ2v) is 3.92. The predicted octanol–water partition coefficient (Wildman–Crippen LogP) is 2.51. The van der Waals surface area contributed by atoms with Crippen molar-refractivity contribution in [3.8, 4) is 0 Å². The van der Waals surface area contributed by atoms with E-state index in [0.29, 0.717) is 5.89 Å². The topological polar surface area (TPSA) is 51.0 Å². The second-order valence-electron chi connectivity index (χ2n) is 3.92. The summed E-state index contributed by atoms with van der Waals surface area (Å²) >= 11 is 0. The second kappa shape index (κ2) is 5.83. The molecule has 0 amide bonds. The number of benzene rings is 1. The van der Waals surface area contributed by atoms with Crippen LogP contribution in [0.25, 0.3) is 0 Å². The summed E-state index contributed by atoms with van der Waals surface area (Å²) < 4.78 is 43.6. The quantitative estimate of drug-likeness (QED) is 0.907. The highest BCUT2D eigenvalue weighted by Gasteiger charge is 2.40. The van der Waals surface area contributed by atoms with Crippen molar-refractivity contribution in [2.75, 3.05) is 6.54 Å². The van der Waals surface area contributed by atoms with Gasteiger partial charge in [-0.2, -0.15) is 18.2 Å². The maximum Gasteiger partial charge on any atom is 0.407 e. The van der Waals surface area contributed by atoms with Crippen molar-refractivity contribution in [2.45, 2.75) is 18.6 Å². The lowest BCUT2D eigenvalue weighted by atomic mass is 10.1. The maximum absolute atomic E-state index is 13.0. The van der Waals surface area contributed by atoms with Crippen LogP contribution in [-0.4, -0.2) is 22.9 Å². The van der Waals surface area contributed by atoms with Gasteiger partial charge in [-0.05, 0) is 5.56 Å². The van der Waals surface area contributed by atoms with Gasteiger partial charge >= 0.3 is 6.18 Å². The average molecular weight is 271 g/mol. The Bertz CT molecular complexity index is 485. The molecule has 0 fully saturated rings. The summed E-state index contributed by atoms with van der Waals surface area (Å²) in [5.41, 5.74) is 0.181. The number of alkyl halides is 3. The first-order valence-corrected chi connectivity index (χ1v) is 5.68. The van der Waals surface area contributed by atoms with Crippen molar-refractivity contribution in [1.82, 2.24) is 15.5 Å². The first-order chi connectivity index (χ1) is 9.07. The monoisotopic (exact) mass is 271 g/mol. The number of nitrogens with one attached hydrogen (secondary N) is 1. The highest BCUT2D eigenvalue weighted by atomic mass is 19.4. The Kier molecular flexibility index (Phi) is 4.16. The van der Waals surface area contributed by atoms with Gasteiger partial charge in [-0.15, -0.1) is 0 Å². The van der Waals surface area contributed by atoms with Crippen molar-refractivity contribution < 1.29 is 17.7 Å². The molecule has 19 heavy (non-hydrogen) atoms. The van der Waals surface area contributed by atoms with Crippen LogP contribution in [0.4, 0.5) is 13.2 Å². The van der Waals surface area contributed by atoms with E-state index in [9.17, 15) is 13.2 Å². The molecule has 0 bridgehead atoms. The average Bonchev–Trinajstić information content (AvgIpc) is 2.87. The summed E-state index contributed by atoms with van der Waals surface area (Å²) in [5, 5.41) is 5.85. The summed E-state index contributed by atoms with van der Waals surface area (Å²) in [7, 11) is 0. The highest BCUT2D eigenvalue weighted by Crippen LogP contribution is 2.32. The molecule has 102 valence electrons. The Balaban J connectivity index is 1.99. The molecule has 0 saturated carbocycles. The van der Waals surface area contributed by atoms with Crippen molar-refractivity contribution in [3.63, 3.8) is 0 Å². The fourth-order valence-corrected chi connectivity index (χ4v) is 1.70. The van der Waals surface area contributed by atoms with Gasteiger partial charge in [0.05, 0.1) is 0 Å². The lowest BCUT2D eigenvalue weighted by Crippen LogP contribution is -2.35. The largest absolute Gasteiger partial charge is 0.407 e. The number of halogens is 3. The normalized spacial score (nSPS) is 13.4. The molecule has 1 N–H and O–H groups in total. The minimum atomic E-state index is -4.35. The predicted molar refractivity (Wildman–Crippen MR) is 61.2 cm³/mol. The third-order valence-electron chi connectivity index (χ3n) is 2.55.